The van der Waals surface area contributed by atoms with Crippen molar-refractivity contribution in [2.75, 3.05) is 18.5 Å². The number of hydrogen-bond acceptors (Lipinski definition) is 11. The van der Waals surface area contributed by atoms with Crippen LogP contribution in [0.25, 0.3) is 11.2 Å². The monoisotopic (exact) mass is 678 g/mol. The van der Waals surface area contributed by atoms with Gasteiger partial charge in [0.15, 0.2) is 25.7 Å². The third-order valence-electron chi connectivity index (χ3n) is 8.24. The molecule has 0 aliphatic carbocycles. The second kappa shape index (κ2) is 15.6. The van der Waals surface area contributed by atoms with Crippen molar-refractivity contribution in [3.63, 3.8) is 0 Å². The molecule has 2 aromatic rings. The first-order valence-electron chi connectivity index (χ1n) is 15.7. The Morgan fingerprint density at radius 1 is 1.26 bits per heavy atom. The van der Waals surface area contributed by atoms with E-state index in [0.29, 0.717) is 0 Å². The molecule has 3 heterocycles. The van der Waals surface area contributed by atoms with Crippen molar-refractivity contribution in [1.82, 2.24) is 24.2 Å². The summed E-state index contributed by atoms with van der Waals surface area (Å²) in [6, 6.07) is 1.83. The van der Waals surface area contributed by atoms with Crippen LogP contribution in [-0.4, -0.2) is 88.7 Å². The number of imidazole rings is 1. The molecular formula is C30H51N8O6PSi. The summed E-state index contributed by atoms with van der Waals surface area (Å²) < 4.78 is 30.0. The van der Waals surface area contributed by atoms with Crippen LogP contribution in [0.1, 0.15) is 75.0 Å². The smallest absolute Gasteiger partial charge is 0.280 e. The third kappa shape index (κ3) is 8.66. The number of aliphatic imine (C=N–C) groups is 1. The Bertz CT molecular complexity index is 1440. The van der Waals surface area contributed by atoms with E-state index in [1.807, 2.05) is 0 Å². The number of fused-ring (bicyclic) bond motifs is 1. The molecular weight excluding hydrogens is 627 g/mol. The normalized spacial score (nSPS) is 21.4. The van der Waals surface area contributed by atoms with E-state index < -0.39 is 46.9 Å². The molecule has 46 heavy (non-hydrogen) atoms. The molecule has 1 saturated heterocycles. The largest absolute Gasteiger partial charge is 0.407 e. The standard InChI is InChI=1S/C30H51N8O6PSi/c1-18(2)26(39)35-29-34-25-23(27(40)36-29)33-17-37(25)28-24(44-46(11,12)30(7,8)9)22(32-10)21(43-28)16-42-45(41-15-13-14-31)38(19(3)4)20(5)6/h17-22,24,28H,10,13,15-16H2,1-9,11-12H3,(H2,34,35,36,39,40)/t21-,22-,24-,28-,45?/m1/s1. The van der Waals surface area contributed by atoms with Crippen molar-refractivity contribution in [2.45, 2.75) is 123 Å². The number of aromatic amines is 1. The van der Waals surface area contributed by atoms with E-state index in [4.69, 9.17) is 23.5 Å². The highest BCUT2D eigenvalue weighted by atomic mass is 31.2. The minimum Gasteiger partial charge on any atom is -0.407 e. The fourth-order valence-electron chi connectivity index (χ4n) is 4.83. The number of carbonyl (C=O) groups is 1. The number of anilines is 1. The van der Waals surface area contributed by atoms with Crippen molar-refractivity contribution in [1.29, 1.82) is 5.26 Å². The Hall–Kier alpha value is -2.57. The number of carbonyl (C=O) groups excluding carboxylic acids is 1. The molecule has 0 bridgehead atoms. The zero-order chi connectivity index (χ0) is 34.6. The average molecular weight is 679 g/mol. The van der Waals surface area contributed by atoms with Crippen molar-refractivity contribution in [3.8, 4) is 6.07 Å². The number of nitriles is 1. The SMILES string of the molecule is C=N[C@H]1[C@@H](O[Si](C)(C)C(C)(C)C)[C@H](n2cnc3c(=O)[nH]c(NC(=O)C(C)C)nc32)O[C@@H]1COP(OCCC#N)N(C(C)C)C(C)C. The van der Waals surface area contributed by atoms with Crippen molar-refractivity contribution in [3.05, 3.63) is 16.7 Å². The lowest BCUT2D eigenvalue weighted by Gasteiger charge is -2.40. The first kappa shape index (κ1) is 37.9. The molecule has 1 fully saturated rings. The summed E-state index contributed by atoms with van der Waals surface area (Å²) >= 11 is 0. The van der Waals surface area contributed by atoms with E-state index in [9.17, 15) is 9.59 Å². The van der Waals surface area contributed by atoms with E-state index >= 15 is 0 Å². The maximum atomic E-state index is 13.0. The van der Waals surface area contributed by atoms with E-state index in [2.05, 4.69) is 104 Å². The lowest BCUT2D eigenvalue weighted by Crippen LogP contribution is -2.48. The number of nitrogens with one attached hydrogen (secondary N) is 2. The Kier molecular flexibility index (Phi) is 12.8. The number of H-pyrrole nitrogens is 1. The topological polar surface area (TPSA) is 169 Å². The van der Waals surface area contributed by atoms with Crippen LogP contribution < -0.4 is 10.9 Å². The van der Waals surface area contributed by atoms with Crippen molar-refractivity contribution in [2.24, 2.45) is 10.9 Å². The van der Waals surface area contributed by atoms with Crippen LogP contribution in [0.2, 0.25) is 18.1 Å². The van der Waals surface area contributed by atoms with E-state index in [0.717, 1.165) is 0 Å². The molecule has 2 aromatic heterocycles. The van der Waals surface area contributed by atoms with Gasteiger partial charge in [-0.05, 0) is 52.5 Å². The quantitative estimate of drug-likeness (QED) is 0.108. The molecule has 1 aliphatic heterocycles. The Morgan fingerprint density at radius 2 is 1.91 bits per heavy atom. The molecule has 16 heteroatoms. The molecule has 0 aromatic carbocycles. The summed E-state index contributed by atoms with van der Waals surface area (Å²) in [5.41, 5.74) is -0.170. The molecule has 256 valence electrons. The van der Waals surface area contributed by atoms with Crippen LogP contribution in [0, 0.1) is 17.2 Å². The van der Waals surface area contributed by atoms with Crippen molar-refractivity contribution >= 4 is 46.6 Å². The zero-order valence-corrected chi connectivity index (χ0v) is 30.9. The Balaban J connectivity index is 2.05. The first-order valence-corrected chi connectivity index (χ1v) is 19.7. The lowest BCUT2D eigenvalue weighted by molar-refractivity contribution is -0.118. The van der Waals surface area contributed by atoms with E-state index in [-0.39, 0.29) is 65.7 Å². The van der Waals surface area contributed by atoms with Gasteiger partial charge in [0, 0.05) is 18.0 Å². The van der Waals surface area contributed by atoms with Gasteiger partial charge in [-0.3, -0.25) is 29.4 Å². The summed E-state index contributed by atoms with van der Waals surface area (Å²) in [7, 11) is -3.93. The summed E-state index contributed by atoms with van der Waals surface area (Å²) in [6.45, 7) is 26.8. The zero-order valence-electron chi connectivity index (χ0n) is 29.0. The predicted molar refractivity (Wildman–Crippen MR) is 182 cm³/mol. The number of ether oxygens (including phenoxy) is 1. The lowest BCUT2D eigenvalue weighted by atomic mass is 10.1. The molecule has 0 radical (unpaired) electrons. The van der Waals surface area contributed by atoms with Gasteiger partial charge in [-0.15, -0.1) is 0 Å². The van der Waals surface area contributed by atoms with Gasteiger partial charge in [0.1, 0.15) is 18.2 Å². The van der Waals surface area contributed by atoms with Gasteiger partial charge in [0.2, 0.25) is 11.9 Å². The second-order valence-corrected chi connectivity index (χ2v) is 20.0. The van der Waals surface area contributed by atoms with Crippen LogP contribution >= 0.6 is 8.53 Å². The molecule has 2 N–H and O–H groups in total. The molecule has 14 nitrogen and oxygen atoms in total. The molecule has 0 spiro atoms. The van der Waals surface area contributed by atoms with Crippen LogP contribution in [0.15, 0.2) is 16.1 Å². The molecule has 0 saturated carbocycles. The summed E-state index contributed by atoms with van der Waals surface area (Å²) in [4.78, 5) is 41.4. The summed E-state index contributed by atoms with van der Waals surface area (Å²) in [5, 5.41) is 11.6. The molecule has 5 atom stereocenters. The van der Waals surface area contributed by atoms with Crippen LogP contribution in [0.5, 0.6) is 0 Å². The molecule has 1 unspecified atom stereocenters. The first-order chi connectivity index (χ1) is 21.4. The summed E-state index contributed by atoms with van der Waals surface area (Å²) in [6.07, 6.45) is -0.261. The van der Waals surface area contributed by atoms with Gasteiger partial charge in [-0.1, -0.05) is 34.6 Å². The molecule has 1 aliphatic rings. The number of hydrogen-bond donors (Lipinski definition) is 2. The average Bonchev–Trinajstić information content (AvgIpc) is 3.51. The Labute approximate surface area is 274 Å². The maximum Gasteiger partial charge on any atom is 0.280 e. The van der Waals surface area contributed by atoms with Crippen LogP contribution in [-0.2, 0) is 23.0 Å². The maximum absolute atomic E-state index is 13.0. The summed E-state index contributed by atoms with van der Waals surface area (Å²) in [5.74, 6) is -0.592. The molecule has 3 rings (SSSR count). The van der Waals surface area contributed by atoms with Gasteiger partial charge in [0.25, 0.3) is 14.1 Å². The van der Waals surface area contributed by atoms with Crippen LogP contribution in [0.4, 0.5) is 5.95 Å². The van der Waals surface area contributed by atoms with Gasteiger partial charge >= 0.3 is 0 Å². The number of aromatic nitrogens is 4. The molecule has 1 amide bonds. The third-order valence-corrected chi connectivity index (χ3v) is 14.8. The van der Waals surface area contributed by atoms with Crippen LogP contribution in [0.3, 0.4) is 0 Å². The minimum atomic E-state index is -2.40. The number of amides is 1. The highest BCUT2D eigenvalue weighted by Crippen LogP contribution is 2.48. The highest BCUT2D eigenvalue weighted by molar-refractivity contribution is 7.44. The highest BCUT2D eigenvalue weighted by Gasteiger charge is 2.51. The van der Waals surface area contributed by atoms with Gasteiger partial charge in [0.05, 0.1) is 32.0 Å². The second-order valence-electron chi connectivity index (χ2n) is 13.8. The number of nitrogens with zero attached hydrogens (tertiary/aromatic N) is 6. The fraction of sp³-hybridized carbons (Fsp3) is 0.733. The Morgan fingerprint density at radius 3 is 2.46 bits per heavy atom. The van der Waals surface area contributed by atoms with Gasteiger partial charge in [-0.25, -0.2) is 9.65 Å². The van der Waals surface area contributed by atoms with E-state index in [1.165, 1.54) is 6.33 Å². The number of rotatable bonds is 15. The van der Waals surface area contributed by atoms with E-state index in [1.54, 1.807) is 18.4 Å². The fourth-order valence-corrected chi connectivity index (χ4v) is 7.74. The minimum absolute atomic E-state index is 0.0127. The van der Waals surface area contributed by atoms with Gasteiger partial charge < -0.3 is 18.2 Å². The van der Waals surface area contributed by atoms with Gasteiger partial charge in [-0.2, -0.15) is 10.2 Å². The van der Waals surface area contributed by atoms with Crippen molar-refractivity contribution < 1.29 is 23.0 Å². The predicted octanol–water partition coefficient (Wildman–Crippen LogP) is 5.36.